The third-order valence-corrected chi connectivity index (χ3v) is 4.37. The molecule has 3 N–H and O–H groups in total. The van der Waals surface area contributed by atoms with Crippen molar-refractivity contribution in [3.63, 3.8) is 0 Å². The third kappa shape index (κ3) is 4.18. The van der Waals surface area contributed by atoms with Crippen molar-refractivity contribution in [1.82, 2.24) is 5.32 Å². The molecule has 2 aromatic rings. The number of rotatable bonds is 5. The maximum atomic E-state index is 12.4. The van der Waals surface area contributed by atoms with Gasteiger partial charge in [0.2, 0.25) is 5.91 Å². The van der Waals surface area contributed by atoms with Crippen LogP contribution in [-0.2, 0) is 4.79 Å². The fourth-order valence-electron chi connectivity index (χ4n) is 2.63. The Bertz CT molecular complexity index is 795. The molecule has 1 fully saturated rings. The van der Waals surface area contributed by atoms with Gasteiger partial charge in [-0.3, -0.25) is 9.59 Å². The predicted octanol–water partition coefficient (Wildman–Crippen LogP) is 3.54. The van der Waals surface area contributed by atoms with Crippen LogP contribution in [0.3, 0.4) is 0 Å². The Morgan fingerprint density at radius 3 is 2.44 bits per heavy atom. The molecule has 1 aliphatic carbocycles. The van der Waals surface area contributed by atoms with E-state index >= 15 is 0 Å². The Kier molecular flexibility index (Phi) is 4.74. The molecule has 5 nitrogen and oxygen atoms in total. The minimum atomic E-state index is -0.320. The lowest BCUT2D eigenvalue weighted by molar-refractivity contribution is -0.117. The molecule has 25 heavy (non-hydrogen) atoms. The fourth-order valence-corrected chi connectivity index (χ4v) is 2.63. The van der Waals surface area contributed by atoms with Crippen LogP contribution in [-0.4, -0.2) is 16.9 Å². The first-order valence-corrected chi connectivity index (χ1v) is 8.45. The molecule has 1 atom stereocenters. The van der Waals surface area contributed by atoms with E-state index in [9.17, 15) is 14.7 Å². The number of aryl methyl sites for hydroxylation is 1. The van der Waals surface area contributed by atoms with Crippen molar-refractivity contribution >= 4 is 17.5 Å². The number of phenolic OH excluding ortho intramolecular Hbond substituents is 1. The second kappa shape index (κ2) is 6.97. The molecule has 0 heterocycles. The zero-order valence-corrected chi connectivity index (χ0v) is 14.4. The highest BCUT2D eigenvalue weighted by Crippen LogP contribution is 2.30. The van der Waals surface area contributed by atoms with Gasteiger partial charge in [0.1, 0.15) is 5.75 Å². The summed E-state index contributed by atoms with van der Waals surface area (Å²) in [5, 5.41) is 15.6. The number of phenols is 1. The van der Waals surface area contributed by atoms with E-state index in [1.165, 1.54) is 6.07 Å². The molecule has 2 amide bonds. The van der Waals surface area contributed by atoms with Gasteiger partial charge in [-0.1, -0.05) is 23.8 Å². The van der Waals surface area contributed by atoms with Crippen molar-refractivity contribution in [1.29, 1.82) is 0 Å². The van der Waals surface area contributed by atoms with Gasteiger partial charge < -0.3 is 15.7 Å². The molecular formula is C20H22N2O3. The zero-order chi connectivity index (χ0) is 18.0. The third-order valence-electron chi connectivity index (χ3n) is 4.37. The summed E-state index contributed by atoms with van der Waals surface area (Å²) < 4.78 is 0. The number of hydrogen-bond acceptors (Lipinski definition) is 3. The van der Waals surface area contributed by atoms with Crippen molar-refractivity contribution in [2.24, 2.45) is 5.92 Å². The molecule has 5 heteroatoms. The van der Waals surface area contributed by atoms with E-state index in [0.717, 1.165) is 29.7 Å². The van der Waals surface area contributed by atoms with Crippen molar-refractivity contribution in [3.8, 4) is 5.75 Å². The zero-order valence-electron chi connectivity index (χ0n) is 14.4. The maximum absolute atomic E-state index is 12.4. The van der Waals surface area contributed by atoms with Crippen LogP contribution < -0.4 is 10.6 Å². The molecule has 3 rings (SSSR count). The van der Waals surface area contributed by atoms with E-state index in [1.54, 1.807) is 12.1 Å². The Morgan fingerprint density at radius 2 is 1.80 bits per heavy atom. The monoisotopic (exact) mass is 338 g/mol. The first kappa shape index (κ1) is 17.0. The van der Waals surface area contributed by atoms with E-state index in [2.05, 4.69) is 10.6 Å². The van der Waals surface area contributed by atoms with Crippen LogP contribution in [0.5, 0.6) is 5.75 Å². The highest BCUT2D eigenvalue weighted by Gasteiger charge is 2.29. The molecule has 1 saturated carbocycles. The fraction of sp³-hybridized carbons (Fsp3) is 0.300. The molecule has 2 aromatic carbocycles. The van der Waals surface area contributed by atoms with Crippen LogP contribution in [0, 0.1) is 12.8 Å². The average Bonchev–Trinajstić information content (AvgIpc) is 3.42. The molecule has 130 valence electrons. The van der Waals surface area contributed by atoms with Gasteiger partial charge in [-0.25, -0.2) is 0 Å². The van der Waals surface area contributed by atoms with Crippen molar-refractivity contribution in [2.75, 3.05) is 5.32 Å². The van der Waals surface area contributed by atoms with Crippen molar-refractivity contribution in [3.05, 3.63) is 59.2 Å². The molecule has 0 saturated heterocycles. The minimum absolute atomic E-state index is 0.0339. The standard InChI is InChI=1S/C20H22N2O3/c1-12-3-10-18(23)17(11-12)20(25)21-13(2)14-6-8-16(9-7-14)22-19(24)15-4-5-15/h3,6-11,13,15,23H,4-5H2,1-2H3,(H,21,25)(H,22,24). The minimum Gasteiger partial charge on any atom is -0.507 e. The molecule has 0 aliphatic heterocycles. The number of carbonyl (C=O) groups is 2. The molecule has 1 unspecified atom stereocenters. The summed E-state index contributed by atoms with van der Waals surface area (Å²) >= 11 is 0. The van der Waals surface area contributed by atoms with Crippen LogP contribution in [0.15, 0.2) is 42.5 Å². The quantitative estimate of drug-likeness (QED) is 0.780. The van der Waals surface area contributed by atoms with Gasteiger partial charge in [0.25, 0.3) is 5.91 Å². The Balaban J connectivity index is 1.64. The van der Waals surface area contributed by atoms with Crippen molar-refractivity contribution < 1.29 is 14.7 Å². The maximum Gasteiger partial charge on any atom is 0.255 e. The van der Waals surface area contributed by atoms with Gasteiger partial charge in [0.15, 0.2) is 0 Å². The van der Waals surface area contributed by atoms with Crippen LogP contribution in [0.1, 0.15) is 47.3 Å². The number of benzene rings is 2. The summed E-state index contributed by atoms with van der Waals surface area (Å²) in [6.45, 7) is 3.75. The Morgan fingerprint density at radius 1 is 1.12 bits per heavy atom. The second-order valence-corrected chi connectivity index (χ2v) is 6.60. The number of anilines is 1. The average molecular weight is 338 g/mol. The van der Waals surface area contributed by atoms with Crippen LogP contribution >= 0.6 is 0 Å². The summed E-state index contributed by atoms with van der Waals surface area (Å²) in [5.41, 5.74) is 2.85. The predicted molar refractivity (Wildman–Crippen MR) is 96.5 cm³/mol. The molecule has 1 aliphatic rings. The Hall–Kier alpha value is -2.82. The lowest BCUT2D eigenvalue weighted by Gasteiger charge is -2.16. The summed E-state index contributed by atoms with van der Waals surface area (Å²) in [7, 11) is 0. The van der Waals surface area contributed by atoms with Gasteiger partial charge in [0, 0.05) is 11.6 Å². The number of nitrogens with one attached hydrogen (secondary N) is 2. The first-order valence-electron chi connectivity index (χ1n) is 8.45. The second-order valence-electron chi connectivity index (χ2n) is 6.60. The van der Waals surface area contributed by atoms with Gasteiger partial charge >= 0.3 is 0 Å². The number of aromatic hydroxyl groups is 1. The van der Waals surface area contributed by atoms with E-state index < -0.39 is 0 Å². The Labute approximate surface area is 147 Å². The number of carbonyl (C=O) groups excluding carboxylic acids is 2. The van der Waals surface area contributed by atoms with E-state index in [0.29, 0.717) is 0 Å². The number of hydrogen-bond donors (Lipinski definition) is 3. The first-order chi connectivity index (χ1) is 11.9. The molecule has 0 spiro atoms. The van der Waals surface area contributed by atoms with Crippen LogP contribution in [0.25, 0.3) is 0 Å². The van der Waals surface area contributed by atoms with Crippen molar-refractivity contribution in [2.45, 2.75) is 32.7 Å². The molecule has 0 bridgehead atoms. The molecular weight excluding hydrogens is 316 g/mol. The largest absolute Gasteiger partial charge is 0.507 e. The normalized spacial score (nSPS) is 14.6. The summed E-state index contributed by atoms with van der Waals surface area (Å²) in [5.74, 6) is -0.114. The van der Waals surface area contributed by atoms with Gasteiger partial charge in [-0.2, -0.15) is 0 Å². The van der Waals surface area contributed by atoms with Gasteiger partial charge in [-0.15, -0.1) is 0 Å². The lowest BCUT2D eigenvalue weighted by Crippen LogP contribution is -2.26. The SMILES string of the molecule is Cc1ccc(O)c(C(=O)NC(C)c2ccc(NC(=O)C3CC3)cc2)c1. The molecule has 0 radical (unpaired) electrons. The molecule has 0 aromatic heterocycles. The van der Waals surface area contributed by atoms with E-state index in [4.69, 9.17) is 0 Å². The summed E-state index contributed by atoms with van der Waals surface area (Å²) in [6, 6.07) is 12.1. The van der Waals surface area contributed by atoms with Gasteiger partial charge in [-0.05, 0) is 56.5 Å². The van der Waals surface area contributed by atoms with Gasteiger partial charge in [0.05, 0.1) is 11.6 Å². The highest BCUT2D eigenvalue weighted by atomic mass is 16.3. The summed E-state index contributed by atoms with van der Waals surface area (Å²) in [6.07, 6.45) is 1.94. The smallest absolute Gasteiger partial charge is 0.255 e. The van der Waals surface area contributed by atoms with E-state index in [-0.39, 0.29) is 35.1 Å². The van der Waals surface area contributed by atoms with Crippen LogP contribution in [0.2, 0.25) is 0 Å². The van der Waals surface area contributed by atoms with Crippen LogP contribution in [0.4, 0.5) is 5.69 Å². The van der Waals surface area contributed by atoms with E-state index in [1.807, 2.05) is 38.1 Å². The highest BCUT2D eigenvalue weighted by molar-refractivity contribution is 5.97. The number of amides is 2. The lowest BCUT2D eigenvalue weighted by atomic mass is 10.1. The topological polar surface area (TPSA) is 78.4 Å². The summed E-state index contributed by atoms with van der Waals surface area (Å²) in [4.78, 5) is 24.1.